The number of piperidine rings is 1. The highest BCUT2D eigenvalue weighted by Crippen LogP contribution is 2.23. The van der Waals surface area contributed by atoms with Crippen LogP contribution < -0.4 is 15.4 Å². The zero-order chi connectivity index (χ0) is 22.4. The lowest BCUT2D eigenvalue weighted by Crippen LogP contribution is -2.46. The molecule has 1 saturated carbocycles. The summed E-state index contributed by atoms with van der Waals surface area (Å²) in [6.45, 7) is 7.69. The van der Waals surface area contributed by atoms with Crippen LogP contribution in [0, 0.1) is 11.3 Å². The number of nitrogens with one attached hydrogen (secondary N) is 2. The second-order valence-electron chi connectivity index (χ2n) is 9.63. The van der Waals surface area contributed by atoms with Gasteiger partial charge in [0.2, 0.25) is 11.8 Å². The van der Waals surface area contributed by atoms with Gasteiger partial charge >= 0.3 is 0 Å². The highest BCUT2D eigenvalue weighted by molar-refractivity contribution is 5.82. The third-order valence-corrected chi connectivity index (χ3v) is 5.74. The lowest BCUT2D eigenvalue weighted by atomic mass is 9.90. The van der Waals surface area contributed by atoms with E-state index in [9.17, 15) is 14.4 Å². The van der Waals surface area contributed by atoms with Crippen molar-refractivity contribution in [2.24, 2.45) is 11.3 Å². The maximum absolute atomic E-state index is 12.5. The minimum Gasteiger partial charge on any atom is -0.484 e. The Morgan fingerprint density at radius 2 is 1.68 bits per heavy atom. The molecule has 0 radical (unpaired) electrons. The summed E-state index contributed by atoms with van der Waals surface area (Å²) in [5.41, 5.74) is 0.722. The van der Waals surface area contributed by atoms with Crippen molar-refractivity contribution in [3.8, 4) is 5.75 Å². The van der Waals surface area contributed by atoms with E-state index in [1.165, 1.54) is 0 Å². The van der Waals surface area contributed by atoms with Gasteiger partial charge in [-0.1, -0.05) is 32.9 Å². The van der Waals surface area contributed by atoms with Crippen LogP contribution in [0.5, 0.6) is 5.75 Å². The summed E-state index contributed by atoms with van der Waals surface area (Å²) in [6, 6.07) is 7.95. The van der Waals surface area contributed by atoms with Crippen LogP contribution in [0.3, 0.4) is 0 Å². The van der Waals surface area contributed by atoms with Gasteiger partial charge in [0.05, 0.1) is 0 Å². The van der Waals surface area contributed by atoms with Gasteiger partial charge in [-0.3, -0.25) is 14.4 Å². The van der Waals surface area contributed by atoms with Crippen molar-refractivity contribution in [2.75, 3.05) is 26.2 Å². The first kappa shape index (κ1) is 23.1. The van der Waals surface area contributed by atoms with E-state index in [0.29, 0.717) is 44.3 Å². The number of amides is 3. The standard InChI is InChI=1S/C24H35N3O4/c1-24(2,3)23(30)27-14-11-18(12-15-27)22(29)25-13-10-17-4-8-20(9-5-17)31-16-21(28)26-19-6-7-19/h4-5,8-9,18-19H,6-7,10-16H2,1-3H3,(H,25,29)(H,26,28). The predicted molar refractivity (Wildman–Crippen MR) is 119 cm³/mol. The molecule has 1 aliphatic heterocycles. The maximum Gasteiger partial charge on any atom is 0.258 e. The Morgan fingerprint density at radius 3 is 2.26 bits per heavy atom. The Kier molecular flexibility index (Phi) is 7.57. The lowest BCUT2D eigenvalue weighted by molar-refractivity contribution is -0.142. The molecule has 1 saturated heterocycles. The van der Waals surface area contributed by atoms with Crippen LogP contribution in [0.15, 0.2) is 24.3 Å². The molecule has 0 bridgehead atoms. The SMILES string of the molecule is CC(C)(C)C(=O)N1CCC(C(=O)NCCc2ccc(OCC(=O)NC3CC3)cc2)CC1. The van der Waals surface area contributed by atoms with Crippen molar-refractivity contribution < 1.29 is 19.1 Å². The quantitative estimate of drug-likeness (QED) is 0.664. The molecule has 7 nitrogen and oxygen atoms in total. The zero-order valence-electron chi connectivity index (χ0n) is 18.9. The molecule has 1 heterocycles. The topological polar surface area (TPSA) is 87.7 Å². The summed E-state index contributed by atoms with van der Waals surface area (Å²) < 4.78 is 5.51. The third-order valence-electron chi connectivity index (χ3n) is 5.74. The first-order chi connectivity index (χ1) is 14.7. The monoisotopic (exact) mass is 429 g/mol. The first-order valence-electron chi connectivity index (χ1n) is 11.3. The first-order valence-corrected chi connectivity index (χ1v) is 11.3. The van der Waals surface area contributed by atoms with Gasteiger partial charge in [-0.2, -0.15) is 0 Å². The van der Waals surface area contributed by atoms with E-state index in [2.05, 4.69) is 10.6 Å². The fraction of sp³-hybridized carbons (Fsp3) is 0.625. The molecule has 1 aliphatic carbocycles. The summed E-state index contributed by atoms with van der Waals surface area (Å²) in [6.07, 6.45) is 4.29. The fourth-order valence-electron chi connectivity index (χ4n) is 3.69. The third kappa shape index (κ3) is 7.26. The normalized spacial score (nSPS) is 17.2. The average Bonchev–Trinajstić information content (AvgIpc) is 3.56. The number of hydrogen-bond acceptors (Lipinski definition) is 4. The maximum atomic E-state index is 12.5. The van der Waals surface area contributed by atoms with Gasteiger partial charge in [0.1, 0.15) is 5.75 Å². The van der Waals surface area contributed by atoms with Gasteiger partial charge in [0.25, 0.3) is 5.91 Å². The van der Waals surface area contributed by atoms with Crippen LogP contribution >= 0.6 is 0 Å². The number of nitrogens with zero attached hydrogens (tertiary/aromatic N) is 1. The van der Waals surface area contributed by atoms with Gasteiger partial charge in [-0.15, -0.1) is 0 Å². The van der Waals surface area contributed by atoms with E-state index >= 15 is 0 Å². The molecule has 170 valence electrons. The van der Waals surface area contributed by atoms with Gasteiger partial charge < -0.3 is 20.3 Å². The molecule has 31 heavy (non-hydrogen) atoms. The Balaban J connectivity index is 1.33. The van der Waals surface area contributed by atoms with E-state index in [4.69, 9.17) is 4.74 Å². The molecule has 0 atom stereocenters. The highest BCUT2D eigenvalue weighted by atomic mass is 16.5. The number of carbonyl (C=O) groups is 3. The number of rotatable bonds is 8. The van der Waals surface area contributed by atoms with Crippen LogP contribution in [0.25, 0.3) is 0 Å². The summed E-state index contributed by atoms with van der Waals surface area (Å²) in [5.74, 6) is 0.784. The molecular formula is C24H35N3O4. The van der Waals surface area contributed by atoms with Crippen molar-refractivity contribution in [3.63, 3.8) is 0 Å². The number of ether oxygens (including phenoxy) is 1. The zero-order valence-corrected chi connectivity index (χ0v) is 18.9. The van der Waals surface area contributed by atoms with Crippen molar-refractivity contribution in [3.05, 3.63) is 29.8 Å². The van der Waals surface area contributed by atoms with E-state index in [-0.39, 0.29) is 35.7 Å². The number of carbonyl (C=O) groups excluding carboxylic acids is 3. The fourth-order valence-corrected chi connectivity index (χ4v) is 3.69. The molecular weight excluding hydrogens is 394 g/mol. The molecule has 1 aromatic carbocycles. The summed E-state index contributed by atoms with van der Waals surface area (Å²) in [7, 11) is 0. The molecule has 1 aromatic rings. The largest absolute Gasteiger partial charge is 0.484 e. The number of likely N-dealkylation sites (tertiary alicyclic amines) is 1. The van der Waals surface area contributed by atoms with Gasteiger partial charge in [-0.25, -0.2) is 0 Å². The molecule has 2 fully saturated rings. The van der Waals surface area contributed by atoms with Crippen molar-refractivity contribution in [1.29, 1.82) is 0 Å². The summed E-state index contributed by atoms with van der Waals surface area (Å²) in [5, 5.41) is 5.92. The van der Waals surface area contributed by atoms with Crippen LogP contribution in [0.4, 0.5) is 0 Å². The molecule has 0 unspecified atom stereocenters. The van der Waals surface area contributed by atoms with Crippen LogP contribution in [-0.4, -0.2) is 54.9 Å². The number of hydrogen-bond donors (Lipinski definition) is 2. The Bertz CT molecular complexity index is 773. The van der Waals surface area contributed by atoms with E-state index in [0.717, 1.165) is 24.8 Å². The van der Waals surface area contributed by atoms with E-state index in [1.54, 1.807) is 0 Å². The van der Waals surface area contributed by atoms with Gasteiger partial charge in [-0.05, 0) is 49.8 Å². The summed E-state index contributed by atoms with van der Waals surface area (Å²) >= 11 is 0. The number of benzene rings is 1. The Labute approximate surface area is 184 Å². The average molecular weight is 430 g/mol. The highest BCUT2D eigenvalue weighted by Gasteiger charge is 2.32. The van der Waals surface area contributed by atoms with Crippen LogP contribution in [0.1, 0.15) is 52.0 Å². The molecule has 3 rings (SSSR count). The van der Waals surface area contributed by atoms with Crippen LogP contribution in [-0.2, 0) is 20.8 Å². The van der Waals surface area contributed by atoms with Crippen molar-refractivity contribution in [1.82, 2.24) is 15.5 Å². The Hall–Kier alpha value is -2.57. The molecule has 7 heteroatoms. The molecule has 0 aromatic heterocycles. The predicted octanol–water partition coefficient (Wildman–Crippen LogP) is 2.29. The van der Waals surface area contributed by atoms with E-state index < -0.39 is 0 Å². The molecule has 2 aliphatic rings. The van der Waals surface area contributed by atoms with Gasteiger partial charge in [0, 0.05) is 37.0 Å². The van der Waals surface area contributed by atoms with Crippen molar-refractivity contribution >= 4 is 17.7 Å². The van der Waals surface area contributed by atoms with Crippen LogP contribution in [0.2, 0.25) is 0 Å². The lowest BCUT2D eigenvalue weighted by Gasteiger charge is -2.35. The molecule has 3 amide bonds. The molecule has 0 spiro atoms. The Morgan fingerprint density at radius 1 is 1.03 bits per heavy atom. The minimum atomic E-state index is -0.376. The van der Waals surface area contributed by atoms with Crippen molar-refractivity contribution in [2.45, 2.75) is 58.9 Å². The minimum absolute atomic E-state index is 0.0263. The molecule has 2 N–H and O–H groups in total. The second-order valence-corrected chi connectivity index (χ2v) is 9.63. The summed E-state index contributed by atoms with van der Waals surface area (Å²) in [4.78, 5) is 38.4. The second kappa shape index (κ2) is 10.2. The van der Waals surface area contributed by atoms with Gasteiger partial charge in [0.15, 0.2) is 6.61 Å². The smallest absolute Gasteiger partial charge is 0.258 e. The van der Waals surface area contributed by atoms with E-state index in [1.807, 2.05) is 49.9 Å².